The zero-order chi connectivity index (χ0) is 23.9. The normalized spacial score (nSPS) is 12.3. The number of carbonyl (C=O) groups excluding carboxylic acids is 2. The summed E-state index contributed by atoms with van der Waals surface area (Å²) >= 11 is 1.49. The highest BCUT2D eigenvalue weighted by Gasteiger charge is 2.27. The van der Waals surface area contributed by atoms with Gasteiger partial charge in [0.05, 0.1) is 12.6 Å². The van der Waals surface area contributed by atoms with Crippen molar-refractivity contribution in [3.8, 4) is 5.75 Å². The second kappa shape index (κ2) is 11.3. The second-order valence-corrected chi connectivity index (χ2v) is 8.50. The molecule has 0 fully saturated rings. The maximum atomic E-state index is 13.7. The summed E-state index contributed by atoms with van der Waals surface area (Å²) in [6.45, 7) is 4.26. The van der Waals surface area contributed by atoms with Crippen molar-refractivity contribution in [2.75, 3.05) is 13.2 Å². The third-order valence-corrected chi connectivity index (χ3v) is 4.64. The van der Waals surface area contributed by atoms with Gasteiger partial charge in [0.25, 0.3) is 0 Å². The van der Waals surface area contributed by atoms with Gasteiger partial charge in [-0.3, -0.25) is 4.79 Å². The number of thiophene rings is 1. The van der Waals surface area contributed by atoms with Crippen LogP contribution >= 0.6 is 11.3 Å². The molecule has 1 aromatic heterocycles. The van der Waals surface area contributed by atoms with E-state index in [1.165, 1.54) is 11.3 Å². The molecule has 0 bridgehead atoms. The largest absolute Gasteiger partial charge is 0.479 e. The summed E-state index contributed by atoms with van der Waals surface area (Å²) < 4.78 is 69.4. The monoisotopic (exact) mass is 477 g/mol. The Labute approximate surface area is 186 Å². The van der Waals surface area contributed by atoms with Crippen LogP contribution in [-0.2, 0) is 20.9 Å². The van der Waals surface area contributed by atoms with Crippen molar-refractivity contribution in [1.29, 1.82) is 0 Å². The highest BCUT2D eigenvalue weighted by atomic mass is 32.1. The van der Waals surface area contributed by atoms with E-state index in [2.05, 4.69) is 5.32 Å². The van der Waals surface area contributed by atoms with Crippen molar-refractivity contribution in [2.45, 2.75) is 45.4 Å². The number of amides is 1. The lowest BCUT2D eigenvalue weighted by atomic mass is 10.1. The van der Waals surface area contributed by atoms with Gasteiger partial charge in [0.1, 0.15) is 12.2 Å². The minimum Gasteiger partial charge on any atom is -0.479 e. The lowest BCUT2D eigenvalue weighted by Gasteiger charge is -2.23. The van der Waals surface area contributed by atoms with Crippen molar-refractivity contribution in [1.82, 2.24) is 5.32 Å². The van der Waals surface area contributed by atoms with Crippen molar-refractivity contribution in [3.05, 3.63) is 51.7 Å². The summed E-state index contributed by atoms with van der Waals surface area (Å²) in [7, 11) is 0. The molecule has 0 saturated carbocycles. The van der Waals surface area contributed by atoms with Crippen molar-refractivity contribution in [2.24, 2.45) is 0 Å². The predicted molar refractivity (Wildman–Crippen MR) is 109 cm³/mol. The molecule has 176 valence electrons. The smallest absolute Gasteiger partial charge is 0.408 e. The molecule has 0 aliphatic carbocycles. The number of alkyl carbamates (subject to hydrolysis) is 1. The quantitative estimate of drug-likeness (QED) is 0.304. The maximum absolute atomic E-state index is 13.7. The summed E-state index contributed by atoms with van der Waals surface area (Å²) in [5.74, 6) is -9.05. The molecule has 0 aliphatic heterocycles. The van der Waals surface area contributed by atoms with E-state index in [9.17, 15) is 27.2 Å². The van der Waals surface area contributed by atoms with Crippen LogP contribution in [0.15, 0.2) is 22.9 Å². The van der Waals surface area contributed by atoms with Crippen LogP contribution in [0.2, 0.25) is 0 Å². The van der Waals surface area contributed by atoms with Gasteiger partial charge in [0, 0.05) is 12.7 Å². The van der Waals surface area contributed by atoms with Gasteiger partial charge in [-0.25, -0.2) is 13.6 Å². The van der Waals surface area contributed by atoms with Gasteiger partial charge in [-0.2, -0.15) is 20.1 Å². The van der Waals surface area contributed by atoms with E-state index in [1.54, 1.807) is 20.8 Å². The Hall–Kier alpha value is -2.66. The molecule has 1 N–H and O–H groups in total. The summed E-state index contributed by atoms with van der Waals surface area (Å²) in [5, 5.41) is 6.11. The number of benzene rings is 1. The number of hydrogen-bond donors (Lipinski definition) is 1. The SMILES string of the molecule is CC(C)(C)OC(=O)N[C@@H](CCOCc1ccsc1)C(=O)COc1c(F)c(F)cc(F)c1F. The number of nitrogens with one attached hydrogen (secondary N) is 1. The van der Waals surface area contributed by atoms with Crippen LogP contribution in [0, 0.1) is 23.3 Å². The molecule has 1 heterocycles. The van der Waals surface area contributed by atoms with E-state index >= 15 is 0 Å². The first-order valence-corrected chi connectivity index (χ1v) is 10.5. The molecule has 1 amide bonds. The summed E-state index contributed by atoms with van der Waals surface area (Å²) in [4.78, 5) is 24.6. The van der Waals surface area contributed by atoms with Crippen molar-refractivity contribution >= 4 is 23.2 Å². The molecule has 0 radical (unpaired) electrons. The first-order valence-electron chi connectivity index (χ1n) is 9.54. The van der Waals surface area contributed by atoms with Gasteiger partial charge in [-0.05, 0) is 49.6 Å². The minimum atomic E-state index is -1.77. The van der Waals surface area contributed by atoms with Crippen LogP contribution in [0.25, 0.3) is 0 Å². The number of halogens is 4. The maximum Gasteiger partial charge on any atom is 0.408 e. The molecule has 2 rings (SSSR count). The Morgan fingerprint density at radius 3 is 2.34 bits per heavy atom. The third-order valence-electron chi connectivity index (χ3n) is 3.91. The van der Waals surface area contributed by atoms with Crippen LogP contribution < -0.4 is 10.1 Å². The molecule has 1 aromatic carbocycles. The Morgan fingerprint density at radius 1 is 1.12 bits per heavy atom. The van der Waals surface area contributed by atoms with Crippen molar-refractivity contribution in [3.63, 3.8) is 0 Å². The average molecular weight is 477 g/mol. The Morgan fingerprint density at radius 2 is 1.78 bits per heavy atom. The fourth-order valence-electron chi connectivity index (χ4n) is 2.45. The molecule has 0 aliphatic rings. The number of hydrogen-bond acceptors (Lipinski definition) is 6. The standard InChI is InChI=1S/C21H23F4NO5S/c1-21(2,3)31-20(28)26-15(4-6-29-9-12-5-7-32-11-12)16(27)10-30-19-17(24)13(22)8-14(23)18(19)25/h5,7-8,11,15H,4,6,9-10H2,1-3H3,(H,26,28)/t15-/m0/s1. The Kier molecular flexibility index (Phi) is 9.02. The zero-order valence-corrected chi connectivity index (χ0v) is 18.5. The van der Waals surface area contributed by atoms with Crippen LogP contribution in [0.1, 0.15) is 32.8 Å². The average Bonchev–Trinajstić information content (AvgIpc) is 3.20. The van der Waals surface area contributed by atoms with Gasteiger partial charge in [0.2, 0.25) is 11.6 Å². The highest BCUT2D eigenvalue weighted by molar-refractivity contribution is 7.07. The molecular weight excluding hydrogens is 454 g/mol. The van der Waals surface area contributed by atoms with E-state index in [0.717, 1.165) is 5.56 Å². The summed E-state index contributed by atoms with van der Waals surface area (Å²) in [5.41, 5.74) is 0.0926. The molecule has 0 spiro atoms. The molecular formula is C21H23F4NO5S. The van der Waals surface area contributed by atoms with Crippen LogP contribution in [-0.4, -0.2) is 36.7 Å². The third kappa shape index (κ3) is 7.79. The van der Waals surface area contributed by atoms with Crippen LogP contribution in [0.3, 0.4) is 0 Å². The van der Waals surface area contributed by atoms with Crippen LogP contribution in [0.4, 0.5) is 22.4 Å². The second-order valence-electron chi connectivity index (χ2n) is 7.72. The summed E-state index contributed by atoms with van der Waals surface area (Å²) in [6, 6.07) is 0.690. The summed E-state index contributed by atoms with van der Waals surface area (Å²) in [6.07, 6.45) is -0.906. The van der Waals surface area contributed by atoms with E-state index in [0.29, 0.717) is 0 Å². The van der Waals surface area contributed by atoms with Crippen molar-refractivity contribution < 1.29 is 41.4 Å². The lowest BCUT2D eigenvalue weighted by Crippen LogP contribution is -2.45. The number of carbonyl (C=O) groups is 2. The van der Waals surface area contributed by atoms with Gasteiger partial charge in [-0.15, -0.1) is 0 Å². The number of Topliss-reactive ketones (excluding diaryl/α,β-unsaturated/α-hetero) is 1. The van der Waals surface area contributed by atoms with E-state index in [4.69, 9.17) is 14.2 Å². The molecule has 1 atom stereocenters. The molecule has 6 nitrogen and oxygen atoms in total. The highest BCUT2D eigenvalue weighted by Crippen LogP contribution is 2.26. The molecule has 0 unspecified atom stereocenters. The first kappa shape index (κ1) is 25.6. The van der Waals surface area contributed by atoms with Gasteiger partial charge >= 0.3 is 6.09 Å². The molecule has 32 heavy (non-hydrogen) atoms. The minimum absolute atomic E-state index is 0.00590. The van der Waals surface area contributed by atoms with Gasteiger partial charge in [-0.1, -0.05) is 0 Å². The Balaban J connectivity index is 2.02. The van der Waals surface area contributed by atoms with E-state index in [1.807, 2.05) is 16.8 Å². The van der Waals surface area contributed by atoms with E-state index in [-0.39, 0.29) is 25.7 Å². The predicted octanol–water partition coefficient (Wildman–Crippen LogP) is 4.75. The van der Waals surface area contributed by atoms with Gasteiger partial charge in [0.15, 0.2) is 23.2 Å². The lowest BCUT2D eigenvalue weighted by molar-refractivity contribution is -0.123. The molecule has 11 heteroatoms. The zero-order valence-electron chi connectivity index (χ0n) is 17.7. The number of ether oxygens (including phenoxy) is 3. The molecule has 0 saturated heterocycles. The van der Waals surface area contributed by atoms with Crippen LogP contribution in [0.5, 0.6) is 5.75 Å². The van der Waals surface area contributed by atoms with Gasteiger partial charge < -0.3 is 19.5 Å². The number of ketones is 1. The fourth-order valence-corrected chi connectivity index (χ4v) is 3.10. The first-order chi connectivity index (χ1) is 15.0. The fraction of sp³-hybridized carbons (Fsp3) is 0.429. The number of rotatable bonds is 10. The Bertz CT molecular complexity index is 905. The topological polar surface area (TPSA) is 73.9 Å². The molecule has 2 aromatic rings. The van der Waals surface area contributed by atoms with E-state index < -0.39 is 59.1 Å².